The zero-order chi connectivity index (χ0) is 23.1. The van der Waals surface area contributed by atoms with Gasteiger partial charge in [-0.1, -0.05) is 29.3 Å². The van der Waals surface area contributed by atoms with Gasteiger partial charge in [-0.3, -0.25) is 10.1 Å². The van der Waals surface area contributed by atoms with Crippen LogP contribution in [0.15, 0.2) is 60.7 Å². The maximum Gasteiger partial charge on any atom is 0.344 e. The minimum Gasteiger partial charge on any atom is -0.482 e. The Hall–Kier alpha value is -3.49. The van der Waals surface area contributed by atoms with Gasteiger partial charge >= 0.3 is 11.7 Å². The molecule has 166 valence electrons. The van der Waals surface area contributed by atoms with E-state index in [9.17, 15) is 14.9 Å². The van der Waals surface area contributed by atoms with Gasteiger partial charge in [0, 0.05) is 23.2 Å². The first kappa shape index (κ1) is 23.2. The van der Waals surface area contributed by atoms with Gasteiger partial charge in [0.05, 0.1) is 16.6 Å². The number of hydrogen-bond acceptors (Lipinski definition) is 7. The van der Waals surface area contributed by atoms with Crippen LogP contribution in [0.2, 0.25) is 10.0 Å². The van der Waals surface area contributed by atoms with Crippen molar-refractivity contribution in [2.45, 2.75) is 6.92 Å². The molecule has 0 heterocycles. The Labute approximate surface area is 193 Å². The quantitative estimate of drug-likeness (QED) is 0.199. The average molecular weight is 478 g/mol. The number of carbonyl (C=O) groups excluding carboxylic acids is 1. The van der Waals surface area contributed by atoms with Crippen molar-refractivity contribution in [1.29, 1.82) is 0 Å². The molecule has 0 atom stereocenters. The van der Waals surface area contributed by atoms with E-state index in [1.54, 1.807) is 37.3 Å². The van der Waals surface area contributed by atoms with Crippen molar-refractivity contribution in [1.82, 2.24) is 0 Å². The average Bonchev–Trinajstić information content (AvgIpc) is 2.75. The van der Waals surface area contributed by atoms with E-state index in [2.05, 4.69) is 0 Å². The Morgan fingerprint density at radius 1 is 0.938 bits per heavy atom. The molecule has 0 aromatic heterocycles. The van der Waals surface area contributed by atoms with Gasteiger partial charge < -0.3 is 18.9 Å². The minimum atomic E-state index is -0.574. The van der Waals surface area contributed by atoms with Crippen LogP contribution in [0.3, 0.4) is 0 Å². The Morgan fingerprint density at radius 3 is 2.38 bits per heavy atom. The largest absolute Gasteiger partial charge is 0.482 e. The highest BCUT2D eigenvalue weighted by molar-refractivity contribution is 6.35. The van der Waals surface area contributed by atoms with Gasteiger partial charge in [-0.05, 0) is 43.3 Å². The zero-order valence-corrected chi connectivity index (χ0v) is 18.3. The third-order valence-electron chi connectivity index (χ3n) is 3.95. The zero-order valence-electron chi connectivity index (χ0n) is 16.7. The van der Waals surface area contributed by atoms with E-state index in [1.807, 2.05) is 0 Å². The van der Waals surface area contributed by atoms with Crippen LogP contribution in [0.5, 0.6) is 28.7 Å². The van der Waals surface area contributed by atoms with Crippen LogP contribution in [0.4, 0.5) is 5.69 Å². The first-order valence-corrected chi connectivity index (χ1v) is 10.1. The molecule has 0 amide bonds. The standard InChI is InChI=1S/C22H17Cl2NO7/c1-2-29-22(26)13-30-15-4-3-5-16(11-15)32-21-12-17(7-8-19(21)25(27)28)31-20-9-6-14(23)10-18(20)24/h3-12H,2,13H2,1H3. The normalized spacial score (nSPS) is 10.3. The molecular formula is C22H17Cl2NO7. The molecule has 0 bridgehead atoms. The molecule has 3 aromatic rings. The number of hydrogen-bond donors (Lipinski definition) is 0. The molecule has 0 N–H and O–H groups in total. The van der Waals surface area contributed by atoms with Gasteiger partial charge in [0.2, 0.25) is 5.75 Å². The molecule has 0 saturated carbocycles. The van der Waals surface area contributed by atoms with E-state index >= 15 is 0 Å². The van der Waals surface area contributed by atoms with Gasteiger partial charge in [0.15, 0.2) is 6.61 Å². The molecule has 0 aliphatic carbocycles. The first-order valence-electron chi connectivity index (χ1n) is 9.33. The van der Waals surface area contributed by atoms with E-state index in [4.69, 9.17) is 42.1 Å². The van der Waals surface area contributed by atoms with Gasteiger partial charge in [-0.25, -0.2) is 4.79 Å². The molecule has 0 fully saturated rings. The molecule has 0 saturated heterocycles. The highest BCUT2D eigenvalue weighted by Gasteiger charge is 2.18. The molecule has 0 unspecified atom stereocenters. The predicted molar refractivity (Wildman–Crippen MR) is 118 cm³/mol. The summed E-state index contributed by atoms with van der Waals surface area (Å²) in [5.41, 5.74) is -0.266. The summed E-state index contributed by atoms with van der Waals surface area (Å²) in [4.78, 5) is 22.3. The molecule has 0 aliphatic heterocycles. The Morgan fingerprint density at radius 2 is 1.66 bits per heavy atom. The molecular weight excluding hydrogens is 461 g/mol. The highest BCUT2D eigenvalue weighted by atomic mass is 35.5. The summed E-state index contributed by atoms with van der Waals surface area (Å²) in [6.07, 6.45) is 0. The van der Waals surface area contributed by atoms with Crippen molar-refractivity contribution in [3.8, 4) is 28.7 Å². The lowest BCUT2D eigenvalue weighted by atomic mass is 10.2. The van der Waals surface area contributed by atoms with Crippen LogP contribution >= 0.6 is 23.2 Å². The van der Waals surface area contributed by atoms with Crippen LogP contribution in [-0.4, -0.2) is 24.1 Å². The Kier molecular flexibility index (Phi) is 7.75. The van der Waals surface area contributed by atoms with Gasteiger partial charge in [0.25, 0.3) is 0 Å². The smallest absolute Gasteiger partial charge is 0.344 e. The molecule has 3 aromatic carbocycles. The molecule has 8 nitrogen and oxygen atoms in total. The monoisotopic (exact) mass is 477 g/mol. The summed E-state index contributed by atoms with van der Waals surface area (Å²) >= 11 is 12.0. The van der Waals surface area contributed by atoms with Gasteiger partial charge in [0.1, 0.15) is 23.0 Å². The lowest BCUT2D eigenvalue weighted by Crippen LogP contribution is -2.14. The number of esters is 1. The number of halogens is 2. The Balaban J connectivity index is 1.81. The molecule has 0 spiro atoms. The van der Waals surface area contributed by atoms with Crippen LogP contribution in [-0.2, 0) is 9.53 Å². The summed E-state index contributed by atoms with van der Waals surface area (Å²) in [5.74, 6) is 0.616. The summed E-state index contributed by atoms with van der Waals surface area (Å²) in [6.45, 7) is 1.66. The summed E-state index contributed by atoms with van der Waals surface area (Å²) in [6, 6.07) is 15.1. The van der Waals surface area contributed by atoms with Crippen LogP contribution in [0, 0.1) is 10.1 Å². The highest BCUT2D eigenvalue weighted by Crippen LogP contribution is 2.38. The Bertz CT molecular complexity index is 1140. The molecule has 0 aliphatic rings. The van der Waals surface area contributed by atoms with E-state index in [-0.39, 0.29) is 41.2 Å². The number of nitrogens with zero attached hydrogens (tertiary/aromatic N) is 1. The van der Waals surface area contributed by atoms with Crippen LogP contribution in [0.1, 0.15) is 6.92 Å². The molecule has 32 heavy (non-hydrogen) atoms. The third-order valence-corrected chi connectivity index (χ3v) is 4.48. The fraction of sp³-hybridized carbons (Fsp3) is 0.136. The number of nitro groups is 1. The fourth-order valence-corrected chi connectivity index (χ4v) is 3.02. The number of benzene rings is 3. The van der Waals surface area contributed by atoms with Crippen molar-refractivity contribution in [3.63, 3.8) is 0 Å². The van der Waals surface area contributed by atoms with E-state index in [1.165, 1.54) is 30.3 Å². The fourth-order valence-electron chi connectivity index (χ4n) is 2.57. The number of rotatable bonds is 9. The first-order chi connectivity index (χ1) is 15.4. The SMILES string of the molecule is CCOC(=O)COc1cccc(Oc2cc(Oc3ccc(Cl)cc3Cl)ccc2[N+](=O)[O-])c1. The topological polar surface area (TPSA) is 97.1 Å². The summed E-state index contributed by atoms with van der Waals surface area (Å²) < 4.78 is 21.6. The van der Waals surface area contributed by atoms with Crippen molar-refractivity contribution in [2.75, 3.05) is 13.2 Å². The van der Waals surface area contributed by atoms with E-state index in [0.717, 1.165) is 0 Å². The number of ether oxygens (including phenoxy) is 4. The minimum absolute atomic E-state index is 0.0554. The second-order valence-corrected chi connectivity index (χ2v) is 7.08. The number of carbonyl (C=O) groups is 1. The van der Waals surface area contributed by atoms with Crippen LogP contribution in [0.25, 0.3) is 0 Å². The third kappa shape index (κ3) is 6.26. The maximum absolute atomic E-state index is 11.5. The molecule has 10 heteroatoms. The summed E-state index contributed by atoms with van der Waals surface area (Å²) in [7, 11) is 0. The second kappa shape index (κ2) is 10.7. The predicted octanol–water partition coefficient (Wildman–Crippen LogP) is 6.43. The molecule has 0 radical (unpaired) electrons. The van der Waals surface area contributed by atoms with Crippen molar-refractivity contribution in [2.24, 2.45) is 0 Å². The van der Waals surface area contributed by atoms with Crippen molar-refractivity contribution < 1.29 is 28.7 Å². The van der Waals surface area contributed by atoms with Crippen LogP contribution < -0.4 is 14.2 Å². The maximum atomic E-state index is 11.5. The van der Waals surface area contributed by atoms with E-state index < -0.39 is 10.9 Å². The summed E-state index contributed by atoms with van der Waals surface area (Å²) in [5, 5.41) is 12.2. The second-order valence-electron chi connectivity index (χ2n) is 6.23. The number of nitro benzene ring substituents is 1. The van der Waals surface area contributed by atoms with E-state index in [0.29, 0.717) is 16.5 Å². The molecule has 3 rings (SSSR count). The lowest BCUT2D eigenvalue weighted by Gasteiger charge is -2.12. The van der Waals surface area contributed by atoms with Crippen molar-refractivity contribution >= 4 is 34.9 Å². The lowest BCUT2D eigenvalue weighted by molar-refractivity contribution is -0.385. The van der Waals surface area contributed by atoms with Gasteiger partial charge in [-0.15, -0.1) is 0 Å². The van der Waals surface area contributed by atoms with Gasteiger partial charge in [-0.2, -0.15) is 0 Å². The van der Waals surface area contributed by atoms with Crippen molar-refractivity contribution in [3.05, 3.63) is 80.8 Å².